The highest BCUT2D eigenvalue weighted by molar-refractivity contribution is 5.57. The number of rotatable bonds is 5. The summed E-state index contributed by atoms with van der Waals surface area (Å²) in [5.74, 6) is 6.70. The lowest BCUT2D eigenvalue weighted by molar-refractivity contribution is -0.384. The van der Waals surface area contributed by atoms with E-state index in [0.29, 0.717) is 11.8 Å². The Morgan fingerprint density at radius 2 is 2.14 bits per heavy atom. The van der Waals surface area contributed by atoms with Gasteiger partial charge in [0.05, 0.1) is 4.92 Å². The SMILES string of the molecule is CC(C)C1CCCCC1Nc1nc(NN)ncc1[N+](=O)[O-]. The molecular formula is C13H22N6O2. The predicted molar refractivity (Wildman–Crippen MR) is 80.7 cm³/mol. The van der Waals surface area contributed by atoms with Crippen molar-refractivity contribution < 1.29 is 4.92 Å². The van der Waals surface area contributed by atoms with E-state index in [1.165, 1.54) is 12.6 Å². The summed E-state index contributed by atoms with van der Waals surface area (Å²) < 4.78 is 0. The molecule has 0 bridgehead atoms. The van der Waals surface area contributed by atoms with Gasteiger partial charge in [-0.15, -0.1) is 0 Å². The molecule has 1 aromatic heterocycles. The summed E-state index contributed by atoms with van der Waals surface area (Å²) >= 11 is 0. The largest absolute Gasteiger partial charge is 0.361 e. The second-order valence-corrected chi connectivity index (χ2v) is 5.77. The highest BCUT2D eigenvalue weighted by Gasteiger charge is 2.30. The molecule has 0 saturated heterocycles. The van der Waals surface area contributed by atoms with Gasteiger partial charge in [-0.05, 0) is 24.7 Å². The molecule has 4 N–H and O–H groups in total. The van der Waals surface area contributed by atoms with Crippen LogP contribution in [0.15, 0.2) is 6.20 Å². The Labute approximate surface area is 123 Å². The maximum absolute atomic E-state index is 11.1. The molecule has 8 heteroatoms. The summed E-state index contributed by atoms with van der Waals surface area (Å²) in [5, 5.41) is 14.4. The van der Waals surface area contributed by atoms with Crippen LogP contribution in [0.1, 0.15) is 39.5 Å². The maximum atomic E-state index is 11.1. The van der Waals surface area contributed by atoms with Crippen molar-refractivity contribution in [2.45, 2.75) is 45.6 Å². The average molecular weight is 294 g/mol. The zero-order valence-corrected chi connectivity index (χ0v) is 12.4. The Kier molecular flexibility index (Phi) is 4.89. The van der Waals surface area contributed by atoms with E-state index in [2.05, 4.69) is 34.6 Å². The summed E-state index contributed by atoms with van der Waals surface area (Å²) in [6.07, 6.45) is 5.65. The smallest absolute Gasteiger partial charge is 0.329 e. The molecule has 1 fully saturated rings. The standard InChI is InChI=1S/C13H22N6O2/c1-8(2)9-5-3-4-6-10(9)16-12-11(19(20)21)7-15-13(17-12)18-14/h7-10H,3-6,14H2,1-2H3,(H2,15,16,17,18). The van der Waals surface area contributed by atoms with Crippen molar-refractivity contribution >= 4 is 17.5 Å². The van der Waals surface area contributed by atoms with Gasteiger partial charge in [-0.1, -0.05) is 26.7 Å². The number of hydrazine groups is 1. The van der Waals surface area contributed by atoms with Crippen molar-refractivity contribution in [2.75, 3.05) is 10.7 Å². The van der Waals surface area contributed by atoms with Crippen LogP contribution >= 0.6 is 0 Å². The molecule has 0 radical (unpaired) electrons. The van der Waals surface area contributed by atoms with Crippen LogP contribution in [0.2, 0.25) is 0 Å². The van der Waals surface area contributed by atoms with Gasteiger partial charge >= 0.3 is 5.69 Å². The van der Waals surface area contributed by atoms with E-state index in [4.69, 9.17) is 5.84 Å². The summed E-state index contributed by atoms with van der Waals surface area (Å²) in [7, 11) is 0. The monoisotopic (exact) mass is 294 g/mol. The summed E-state index contributed by atoms with van der Waals surface area (Å²) in [6, 6.07) is 0.193. The number of nitrogens with one attached hydrogen (secondary N) is 2. The van der Waals surface area contributed by atoms with Crippen molar-refractivity contribution in [1.82, 2.24) is 9.97 Å². The fourth-order valence-corrected chi connectivity index (χ4v) is 3.00. The van der Waals surface area contributed by atoms with Crippen molar-refractivity contribution in [2.24, 2.45) is 17.7 Å². The van der Waals surface area contributed by atoms with Crippen molar-refractivity contribution in [3.05, 3.63) is 16.3 Å². The van der Waals surface area contributed by atoms with E-state index in [-0.39, 0.29) is 23.5 Å². The third kappa shape index (κ3) is 3.57. The Morgan fingerprint density at radius 1 is 1.43 bits per heavy atom. The van der Waals surface area contributed by atoms with Gasteiger partial charge in [0.25, 0.3) is 0 Å². The molecule has 21 heavy (non-hydrogen) atoms. The lowest BCUT2D eigenvalue weighted by Gasteiger charge is -2.35. The van der Waals surface area contributed by atoms with Gasteiger partial charge in [0.2, 0.25) is 11.8 Å². The summed E-state index contributed by atoms with van der Waals surface area (Å²) in [4.78, 5) is 18.5. The first kappa shape index (κ1) is 15.4. The Hall–Kier alpha value is -1.96. The van der Waals surface area contributed by atoms with Gasteiger partial charge in [-0.2, -0.15) is 4.98 Å². The van der Waals surface area contributed by atoms with Gasteiger partial charge in [-0.3, -0.25) is 15.5 Å². The van der Waals surface area contributed by atoms with E-state index in [1.54, 1.807) is 0 Å². The van der Waals surface area contributed by atoms with Crippen molar-refractivity contribution in [1.29, 1.82) is 0 Å². The number of nitrogens with two attached hydrogens (primary N) is 1. The number of nitro groups is 1. The summed E-state index contributed by atoms with van der Waals surface area (Å²) in [6.45, 7) is 4.37. The minimum Gasteiger partial charge on any atom is -0.361 e. The van der Waals surface area contributed by atoms with E-state index in [9.17, 15) is 10.1 Å². The lowest BCUT2D eigenvalue weighted by atomic mass is 9.78. The minimum atomic E-state index is -0.476. The van der Waals surface area contributed by atoms with Crippen LogP contribution in [0.4, 0.5) is 17.5 Å². The molecule has 0 aliphatic heterocycles. The molecule has 2 rings (SSSR count). The quantitative estimate of drug-likeness (QED) is 0.433. The third-order valence-electron chi connectivity index (χ3n) is 4.09. The van der Waals surface area contributed by atoms with E-state index < -0.39 is 4.92 Å². The zero-order valence-electron chi connectivity index (χ0n) is 12.4. The molecule has 2 atom stereocenters. The van der Waals surface area contributed by atoms with Crippen molar-refractivity contribution in [3.8, 4) is 0 Å². The molecule has 1 heterocycles. The average Bonchev–Trinajstić information content (AvgIpc) is 2.47. The maximum Gasteiger partial charge on any atom is 0.329 e. The number of aromatic nitrogens is 2. The van der Waals surface area contributed by atoms with Gasteiger partial charge in [0, 0.05) is 6.04 Å². The molecule has 0 spiro atoms. The first-order chi connectivity index (χ1) is 10.0. The molecule has 1 aliphatic carbocycles. The van der Waals surface area contributed by atoms with Gasteiger partial charge in [-0.25, -0.2) is 10.8 Å². The number of nitrogen functional groups attached to an aromatic ring is 1. The first-order valence-corrected chi connectivity index (χ1v) is 7.27. The normalized spacial score (nSPS) is 22.1. The predicted octanol–water partition coefficient (Wildman–Crippen LogP) is 2.30. The van der Waals surface area contributed by atoms with Gasteiger partial charge in [0.15, 0.2) is 0 Å². The molecule has 0 amide bonds. The van der Waals surface area contributed by atoms with E-state index in [1.807, 2.05) is 0 Å². The third-order valence-corrected chi connectivity index (χ3v) is 4.09. The van der Waals surface area contributed by atoms with E-state index >= 15 is 0 Å². The number of nitrogens with zero attached hydrogens (tertiary/aromatic N) is 3. The highest BCUT2D eigenvalue weighted by Crippen LogP contribution is 2.33. The highest BCUT2D eigenvalue weighted by atomic mass is 16.6. The van der Waals surface area contributed by atoms with Crippen LogP contribution in [0.5, 0.6) is 0 Å². The van der Waals surface area contributed by atoms with Crippen LogP contribution in [0.25, 0.3) is 0 Å². The number of hydrogen-bond donors (Lipinski definition) is 3. The number of hydrogen-bond acceptors (Lipinski definition) is 7. The lowest BCUT2D eigenvalue weighted by Crippen LogP contribution is -2.35. The molecule has 1 saturated carbocycles. The fraction of sp³-hybridized carbons (Fsp3) is 0.692. The van der Waals surface area contributed by atoms with Crippen LogP contribution in [-0.2, 0) is 0 Å². The second-order valence-electron chi connectivity index (χ2n) is 5.77. The Morgan fingerprint density at radius 3 is 2.76 bits per heavy atom. The first-order valence-electron chi connectivity index (χ1n) is 7.27. The van der Waals surface area contributed by atoms with Crippen LogP contribution in [0, 0.1) is 22.0 Å². The molecule has 116 valence electrons. The molecular weight excluding hydrogens is 272 g/mol. The van der Waals surface area contributed by atoms with Crippen LogP contribution in [0.3, 0.4) is 0 Å². The molecule has 0 aromatic carbocycles. The van der Waals surface area contributed by atoms with Crippen LogP contribution < -0.4 is 16.6 Å². The zero-order chi connectivity index (χ0) is 15.4. The van der Waals surface area contributed by atoms with Gasteiger partial charge in [0.1, 0.15) is 6.20 Å². The van der Waals surface area contributed by atoms with Crippen LogP contribution in [-0.4, -0.2) is 20.9 Å². The fourth-order valence-electron chi connectivity index (χ4n) is 3.00. The Bertz CT molecular complexity index is 507. The second kappa shape index (κ2) is 6.66. The molecule has 1 aliphatic rings. The Balaban J connectivity index is 2.25. The topological polar surface area (TPSA) is 119 Å². The molecule has 8 nitrogen and oxygen atoms in total. The van der Waals surface area contributed by atoms with E-state index in [0.717, 1.165) is 19.3 Å². The van der Waals surface area contributed by atoms with Gasteiger partial charge < -0.3 is 5.32 Å². The minimum absolute atomic E-state index is 0.123. The number of anilines is 2. The molecule has 2 unspecified atom stereocenters. The van der Waals surface area contributed by atoms with Crippen molar-refractivity contribution in [3.63, 3.8) is 0 Å². The summed E-state index contributed by atoms with van der Waals surface area (Å²) in [5.41, 5.74) is 2.20. The molecule has 1 aromatic rings.